The zero-order valence-corrected chi connectivity index (χ0v) is 31.1. The third-order valence-corrected chi connectivity index (χ3v) is 11.5. The van der Waals surface area contributed by atoms with Crippen molar-refractivity contribution in [3.8, 4) is 0 Å². The number of nitrogens with one attached hydrogen (secondary N) is 1. The molecule has 0 aliphatic carbocycles. The summed E-state index contributed by atoms with van der Waals surface area (Å²) in [7, 11) is 1.51. The minimum Gasteiger partial charge on any atom is -0.455 e. The van der Waals surface area contributed by atoms with Gasteiger partial charge in [-0.25, -0.2) is 0 Å². The van der Waals surface area contributed by atoms with Gasteiger partial charge in [-0.1, -0.05) is 115 Å². The van der Waals surface area contributed by atoms with E-state index in [0.717, 1.165) is 16.3 Å². The van der Waals surface area contributed by atoms with E-state index in [1.807, 2.05) is 115 Å². The highest BCUT2D eigenvalue weighted by molar-refractivity contribution is 6.06. The first kappa shape index (κ1) is 37.3. The molecule has 11 heteroatoms. The normalized spacial score (nSPS) is 29.0. The third-order valence-electron chi connectivity index (χ3n) is 11.5. The van der Waals surface area contributed by atoms with Crippen molar-refractivity contribution >= 4 is 40.2 Å². The first-order chi connectivity index (χ1) is 27.3. The van der Waals surface area contributed by atoms with Crippen molar-refractivity contribution in [2.75, 3.05) is 31.8 Å². The number of fused-ring (bicyclic) bond motifs is 3. The molecule has 0 unspecified atom stereocenters. The number of carbonyl (C=O) groups is 4. The van der Waals surface area contributed by atoms with E-state index in [2.05, 4.69) is 5.32 Å². The number of amides is 3. The van der Waals surface area contributed by atoms with E-state index in [0.29, 0.717) is 17.7 Å². The van der Waals surface area contributed by atoms with Crippen molar-refractivity contribution in [1.82, 2.24) is 10.2 Å². The van der Waals surface area contributed by atoms with Crippen LogP contribution in [0.15, 0.2) is 127 Å². The van der Waals surface area contributed by atoms with Crippen LogP contribution in [-0.2, 0) is 39.8 Å². The lowest BCUT2D eigenvalue weighted by Crippen LogP contribution is -2.59. The number of ether oxygens (including phenoxy) is 3. The molecule has 4 aliphatic heterocycles. The van der Waals surface area contributed by atoms with Crippen LogP contribution in [0.4, 0.5) is 5.69 Å². The molecule has 1 spiro atoms. The van der Waals surface area contributed by atoms with Gasteiger partial charge in [-0.15, -0.1) is 0 Å². The van der Waals surface area contributed by atoms with Gasteiger partial charge in [-0.05, 0) is 46.9 Å². The SMILES string of the molecule is COC[C@@H]1NC(=O)CC/C=C\CN(c2ccc3ccccc3c2)C(=O)[C@H]2N([C@@H](CO)Cc3ccccc3)C(=O)[C@@H]3[C@@H](C(=O)O[C@H]1c1ccccc1)[C@H]1C=C[C@]32O1. The monoisotopic (exact) mass is 755 g/mol. The van der Waals surface area contributed by atoms with E-state index in [1.54, 1.807) is 17.1 Å². The van der Waals surface area contributed by atoms with E-state index in [4.69, 9.17) is 14.2 Å². The second-order valence-corrected chi connectivity index (χ2v) is 14.9. The van der Waals surface area contributed by atoms with E-state index in [9.17, 15) is 14.7 Å². The Labute approximate surface area is 325 Å². The molecule has 0 aromatic heterocycles. The fourth-order valence-electron chi connectivity index (χ4n) is 8.91. The molecule has 2 N–H and O–H groups in total. The number of benzene rings is 4. The fourth-order valence-corrected chi connectivity index (χ4v) is 8.91. The maximum absolute atomic E-state index is 15.5. The maximum atomic E-state index is 15.5. The van der Waals surface area contributed by atoms with Crippen molar-refractivity contribution in [2.24, 2.45) is 11.8 Å². The van der Waals surface area contributed by atoms with Gasteiger partial charge >= 0.3 is 5.97 Å². The summed E-state index contributed by atoms with van der Waals surface area (Å²) in [4.78, 5) is 61.7. The van der Waals surface area contributed by atoms with Gasteiger partial charge in [0.2, 0.25) is 11.8 Å². The number of rotatable bonds is 8. The topological polar surface area (TPSA) is 135 Å². The minimum atomic E-state index is -1.53. The summed E-state index contributed by atoms with van der Waals surface area (Å²) in [5, 5.41) is 15.9. The molecular weight excluding hydrogens is 711 g/mol. The van der Waals surface area contributed by atoms with E-state index >= 15 is 9.59 Å². The number of aliphatic hydroxyl groups is 1. The number of nitrogens with zero attached hydrogens (tertiary/aromatic N) is 2. The van der Waals surface area contributed by atoms with Gasteiger partial charge in [0.05, 0.1) is 37.3 Å². The van der Waals surface area contributed by atoms with E-state index in [1.165, 1.54) is 12.0 Å². The second-order valence-electron chi connectivity index (χ2n) is 14.9. The molecular formula is C45H45N3O8. The summed E-state index contributed by atoms with van der Waals surface area (Å²) < 4.78 is 18.6. The largest absolute Gasteiger partial charge is 0.455 e. The van der Waals surface area contributed by atoms with Crippen molar-refractivity contribution in [3.63, 3.8) is 0 Å². The molecule has 8 atom stereocenters. The van der Waals surface area contributed by atoms with Crippen LogP contribution in [0.3, 0.4) is 0 Å². The molecule has 56 heavy (non-hydrogen) atoms. The second kappa shape index (κ2) is 15.9. The molecule has 5 bridgehead atoms. The number of carbonyl (C=O) groups excluding carboxylic acids is 4. The number of hydrogen-bond acceptors (Lipinski definition) is 8. The molecule has 0 radical (unpaired) electrons. The van der Waals surface area contributed by atoms with Gasteiger partial charge in [-0.3, -0.25) is 19.2 Å². The number of allylic oxidation sites excluding steroid dienone is 1. The molecule has 11 nitrogen and oxygen atoms in total. The lowest BCUT2D eigenvalue weighted by Gasteiger charge is -2.39. The fraction of sp³-hybridized carbons (Fsp3) is 0.333. The zero-order valence-electron chi connectivity index (χ0n) is 31.1. The Morgan fingerprint density at radius 2 is 1.62 bits per heavy atom. The number of hydrogen-bond donors (Lipinski definition) is 2. The molecule has 3 amide bonds. The van der Waals surface area contributed by atoms with Crippen LogP contribution in [0, 0.1) is 11.8 Å². The summed E-state index contributed by atoms with van der Waals surface area (Å²) in [5.74, 6) is -4.09. The Balaban J connectivity index is 1.26. The number of cyclic esters (lactones) is 1. The molecule has 2 saturated heterocycles. The number of esters is 1. The van der Waals surface area contributed by atoms with Crippen LogP contribution >= 0.6 is 0 Å². The average molecular weight is 756 g/mol. The average Bonchev–Trinajstić information content (AvgIpc) is 3.87. The van der Waals surface area contributed by atoms with Crippen LogP contribution in [0.1, 0.15) is 30.1 Å². The smallest absolute Gasteiger partial charge is 0.313 e. The number of methoxy groups -OCH3 is 1. The van der Waals surface area contributed by atoms with E-state index < -0.39 is 72.2 Å². The Morgan fingerprint density at radius 1 is 0.893 bits per heavy atom. The van der Waals surface area contributed by atoms with Crippen molar-refractivity contribution in [2.45, 2.75) is 55.2 Å². The quantitative estimate of drug-likeness (QED) is 0.196. The molecule has 4 aromatic carbocycles. The van der Waals surface area contributed by atoms with Gasteiger partial charge in [0.1, 0.15) is 23.7 Å². The van der Waals surface area contributed by atoms with Gasteiger partial charge in [0.25, 0.3) is 5.91 Å². The first-order valence-electron chi connectivity index (χ1n) is 19.2. The number of anilines is 1. The van der Waals surface area contributed by atoms with Gasteiger partial charge in [-0.2, -0.15) is 0 Å². The van der Waals surface area contributed by atoms with E-state index in [-0.39, 0.29) is 31.9 Å². The van der Waals surface area contributed by atoms with Gasteiger partial charge in [0.15, 0.2) is 0 Å². The highest BCUT2D eigenvalue weighted by atomic mass is 16.6. The van der Waals surface area contributed by atoms with Gasteiger partial charge in [0, 0.05) is 25.8 Å². The van der Waals surface area contributed by atoms with Crippen LogP contribution in [0.2, 0.25) is 0 Å². The zero-order chi connectivity index (χ0) is 38.8. The highest BCUT2D eigenvalue weighted by Gasteiger charge is 2.74. The Hall–Kier alpha value is -5.62. The predicted octanol–water partition coefficient (Wildman–Crippen LogP) is 4.69. The lowest BCUT2D eigenvalue weighted by atomic mass is 9.74. The Bertz CT molecular complexity index is 2160. The minimum absolute atomic E-state index is 0.0496. The molecule has 4 aromatic rings. The Kier molecular flexibility index (Phi) is 10.6. The third kappa shape index (κ3) is 6.80. The summed E-state index contributed by atoms with van der Waals surface area (Å²) >= 11 is 0. The molecule has 288 valence electrons. The molecule has 4 heterocycles. The molecule has 0 saturated carbocycles. The summed E-state index contributed by atoms with van der Waals surface area (Å²) in [6.45, 7) is -0.255. The standard InChI is InChI=1S/C45H45N3O8/c1-54-28-35-40(31-16-7-3-8-17-31)55-44(53)38-36-22-23-45(56-36)39(38)42(51)48(34(27-49)25-29-13-5-2-6-14-29)41(45)43(52)47(24-12-4-9-19-37(50)46-35)33-21-20-30-15-10-11-18-32(30)26-33/h2-8,10-18,20-23,26,34-36,38-41,49H,9,19,24-25,27-28H2,1H3,(H,46,50)/b12-4-/t34-,35+,36-,38+,39+,40+,41-,45+/m1/s1. The molecule has 4 aliphatic rings. The summed E-state index contributed by atoms with van der Waals surface area (Å²) in [5.41, 5.74) is 0.585. The van der Waals surface area contributed by atoms with Crippen LogP contribution in [-0.4, -0.2) is 90.4 Å². The van der Waals surface area contributed by atoms with Crippen LogP contribution in [0.5, 0.6) is 0 Å². The van der Waals surface area contributed by atoms with Gasteiger partial charge < -0.3 is 34.4 Å². The first-order valence-corrected chi connectivity index (χ1v) is 19.2. The molecule has 2 fully saturated rings. The highest BCUT2D eigenvalue weighted by Crippen LogP contribution is 2.56. The van der Waals surface area contributed by atoms with Crippen LogP contribution in [0.25, 0.3) is 10.8 Å². The van der Waals surface area contributed by atoms with Crippen molar-refractivity contribution in [1.29, 1.82) is 0 Å². The lowest BCUT2D eigenvalue weighted by molar-refractivity contribution is -0.162. The maximum Gasteiger partial charge on any atom is 0.313 e. The Morgan fingerprint density at radius 3 is 2.38 bits per heavy atom. The summed E-state index contributed by atoms with van der Waals surface area (Å²) in [6, 6.07) is 29.4. The number of aliphatic hydroxyl groups excluding tert-OH is 1. The van der Waals surface area contributed by atoms with Crippen LogP contribution < -0.4 is 10.2 Å². The predicted molar refractivity (Wildman–Crippen MR) is 209 cm³/mol. The molecule has 8 rings (SSSR count). The van der Waals surface area contributed by atoms with Crippen molar-refractivity contribution < 1.29 is 38.5 Å². The summed E-state index contributed by atoms with van der Waals surface area (Å²) in [6.07, 6.45) is 6.18. The van der Waals surface area contributed by atoms with Crippen molar-refractivity contribution in [3.05, 3.63) is 139 Å². The number of likely N-dealkylation sites (tertiary alicyclic amines) is 1.